The van der Waals surface area contributed by atoms with Crippen molar-refractivity contribution in [3.8, 4) is 11.5 Å². The first-order valence-corrected chi connectivity index (χ1v) is 8.63. The van der Waals surface area contributed by atoms with Crippen LogP contribution in [0.15, 0.2) is 55.1 Å². The second-order valence-corrected chi connectivity index (χ2v) is 5.88. The topological polar surface area (TPSA) is 98.3 Å². The molecule has 144 valence electrons. The van der Waals surface area contributed by atoms with Gasteiger partial charge in [-0.05, 0) is 29.3 Å². The van der Waals surface area contributed by atoms with Crippen molar-refractivity contribution in [2.75, 3.05) is 19.5 Å². The fraction of sp³-hybridized carbons (Fsp3) is 0.200. The highest BCUT2D eigenvalue weighted by atomic mass is 16.5. The zero-order valence-corrected chi connectivity index (χ0v) is 15.7. The lowest BCUT2D eigenvalue weighted by molar-refractivity contribution is 0.0945. The lowest BCUT2D eigenvalue weighted by Gasteiger charge is -2.11. The van der Waals surface area contributed by atoms with E-state index in [-0.39, 0.29) is 11.6 Å². The number of rotatable bonds is 8. The number of hydrogen-bond donors (Lipinski definition) is 2. The normalized spacial score (nSPS) is 10.2. The summed E-state index contributed by atoms with van der Waals surface area (Å²) >= 11 is 0. The predicted octanol–water partition coefficient (Wildman–Crippen LogP) is 2.43. The third kappa shape index (κ3) is 4.94. The van der Waals surface area contributed by atoms with Gasteiger partial charge in [-0.1, -0.05) is 12.1 Å². The first kappa shape index (κ1) is 19.1. The van der Waals surface area contributed by atoms with Gasteiger partial charge in [-0.2, -0.15) is 0 Å². The van der Waals surface area contributed by atoms with Crippen molar-refractivity contribution < 1.29 is 14.3 Å². The number of nitrogens with one attached hydrogen (secondary N) is 2. The molecule has 8 heteroatoms. The summed E-state index contributed by atoms with van der Waals surface area (Å²) in [4.78, 5) is 24.5. The van der Waals surface area contributed by atoms with Crippen molar-refractivity contribution >= 4 is 11.7 Å². The van der Waals surface area contributed by atoms with E-state index < -0.39 is 0 Å². The van der Waals surface area contributed by atoms with E-state index in [9.17, 15) is 4.79 Å². The number of nitrogens with zero attached hydrogens (tertiary/aromatic N) is 3. The molecule has 2 aromatic heterocycles. The minimum Gasteiger partial charge on any atom is -0.493 e. The van der Waals surface area contributed by atoms with Crippen LogP contribution >= 0.6 is 0 Å². The maximum atomic E-state index is 12.3. The van der Waals surface area contributed by atoms with Crippen LogP contribution in [0.4, 0.5) is 5.82 Å². The molecule has 28 heavy (non-hydrogen) atoms. The number of hydrogen-bond acceptors (Lipinski definition) is 7. The predicted molar refractivity (Wildman–Crippen MR) is 104 cm³/mol. The number of pyridine rings is 1. The van der Waals surface area contributed by atoms with Crippen molar-refractivity contribution in [2.45, 2.75) is 13.1 Å². The van der Waals surface area contributed by atoms with Gasteiger partial charge in [-0.25, -0.2) is 9.97 Å². The average Bonchev–Trinajstić information content (AvgIpc) is 2.76. The van der Waals surface area contributed by atoms with Gasteiger partial charge in [0.05, 0.1) is 14.2 Å². The molecule has 3 rings (SSSR count). The largest absolute Gasteiger partial charge is 0.493 e. The van der Waals surface area contributed by atoms with Gasteiger partial charge in [0.15, 0.2) is 11.5 Å². The van der Waals surface area contributed by atoms with Crippen molar-refractivity contribution in [3.63, 3.8) is 0 Å². The van der Waals surface area contributed by atoms with E-state index in [1.165, 1.54) is 6.33 Å². The van der Waals surface area contributed by atoms with E-state index >= 15 is 0 Å². The number of methoxy groups -OCH3 is 2. The van der Waals surface area contributed by atoms with Crippen LogP contribution in [-0.2, 0) is 13.1 Å². The van der Waals surface area contributed by atoms with Crippen LogP contribution in [0.25, 0.3) is 0 Å². The third-order valence-electron chi connectivity index (χ3n) is 4.00. The van der Waals surface area contributed by atoms with Crippen molar-refractivity contribution in [3.05, 3.63) is 71.9 Å². The summed E-state index contributed by atoms with van der Waals surface area (Å²) in [6.45, 7) is 0.888. The molecule has 0 unspecified atom stereocenters. The fourth-order valence-corrected chi connectivity index (χ4v) is 2.54. The molecule has 3 aromatic rings. The second kappa shape index (κ2) is 9.31. The Bertz CT molecular complexity index is 934. The second-order valence-electron chi connectivity index (χ2n) is 5.88. The first-order chi connectivity index (χ1) is 13.7. The van der Waals surface area contributed by atoms with Crippen LogP contribution in [0.1, 0.15) is 21.6 Å². The standard InChI is InChI=1S/C20H21N5O3/c1-27-17-6-5-14(8-18(17)28-2)11-22-19-9-16(24-13-25-19)20(26)23-12-15-4-3-7-21-10-15/h3-10,13H,11-12H2,1-2H3,(H,23,26)(H,22,24,25). The molecule has 8 nitrogen and oxygen atoms in total. The molecule has 0 atom stereocenters. The number of anilines is 1. The van der Waals surface area contributed by atoms with Crippen LogP contribution in [0.3, 0.4) is 0 Å². The molecule has 0 aliphatic heterocycles. The molecule has 2 N–H and O–H groups in total. The summed E-state index contributed by atoms with van der Waals surface area (Å²) in [5.41, 5.74) is 2.18. The van der Waals surface area contributed by atoms with Crippen LogP contribution in [0.2, 0.25) is 0 Å². The Morgan fingerprint density at radius 1 is 1.00 bits per heavy atom. The SMILES string of the molecule is COc1ccc(CNc2cc(C(=O)NCc3cccnc3)ncn2)cc1OC. The van der Waals surface area contributed by atoms with Crippen LogP contribution in [0.5, 0.6) is 11.5 Å². The molecule has 0 saturated heterocycles. The van der Waals surface area contributed by atoms with E-state index in [1.54, 1.807) is 32.7 Å². The van der Waals surface area contributed by atoms with Gasteiger partial charge in [0.25, 0.3) is 5.91 Å². The number of ether oxygens (including phenoxy) is 2. The summed E-state index contributed by atoms with van der Waals surface area (Å²) in [5, 5.41) is 6.00. The van der Waals surface area contributed by atoms with Crippen LogP contribution in [-0.4, -0.2) is 35.1 Å². The molecule has 1 aromatic carbocycles. The van der Waals surface area contributed by atoms with Gasteiger partial charge in [0, 0.05) is 31.5 Å². The van der Waals surface area contributed by atoms with Gasteiger partial charge in [0.2, 0.25) is 0 Å². The smallest absolute Gasteiger partial charge is 0.270 e. The van der Waals surface area contributed by atoms with E-state index in [1.807, 2.05) is 30.3 Å². The highest BCUT2D eigenvalue weighted by Crippen LogP contribution is 2.27. The highest BCUT2D eigenvalue weighted by molar-refractivity contribution is 5.92. The number of amides is 1. The number of benzene rings is 1. The van der Waals surface area contributed by atoms with Gasteiger partial charge in [-0.15, -0.1) is 0 Å². The molecule has 0 aliphatic rings. The molecular formula is C20H21N5O3. The molecule has 0 spiro atoms. The van der Waals surface area contributed by atoms with Gasteiger partial charge in [-0.3, -0.25) is 9.78 Å². The number of carbonyl (C=O) groups excluding carboxylic acids is 1. The van der Waals surface area contributed by atoms with E-state index in [4.69, 9.17) is 9.47 Å². The Kier molecular flexibility index (Phi) is 6.35. The molecule has 1 amide bonds. The van der Waals surface area contributed by atoms with Gasteiger partial charge in [0.1, 0.15) is 17.8 Å². The van der Waals surface area contributed by atoms with Crippen LogP contribution in [0, 0.1) is 0 Å². The highest BCUT2D eigenvalue weighted by Gasteiger charge is 2.09. The first-order valence-electron chi connectivity index (χ1n) is 8.63. The van der Waals surface area contributed by atoms with Crippen molar-refractivity contribution in [2.24, 2.45) is 0 Å². The zero-order chi connectivity index (χ0) is 19.8. The quantitative estimate of drug-likeness (QED) is 0.620. The Morgan fingerprint density at radius 3 is 2.61 bits per heavy atom. The average molecular weight is 379 g/mol. The maximum Gasteiger partial charge on any atom is 0.270 e. The minimum atomic E-state index is -0.277. The molecule has 0 bridgehead atoms. The van der Waals surface area contributed by atoms with E-state index in [0.29, 0.717) is 30.4 Å². The van der Waals surface area contributed by atoms with Gasteiger partial charge < -0.3 is 20.1 Å². The molecule has 0 radical (unpaired) electrons. The molecular weight excluding hydrogens is 358 g/mol. The Balaban J connectivity index is 1.61. The molecule has 0 fully saturated rings. The maximum absolute atomic E-state index is 12.3. The summed E-state index contributed by atoms with van der Waals surface area (Å²) in [7, 11) is 3.19. The fourth-order valence-electron chi connectivity index (χ4n) is 2.54. The monoisotopic (exact) mass is 379 g/mol. The molecule has 0 aliphatic carbocycles. The number of carbonyl (C=O) groups is 1. The lowest BCUT2D eigenvalue weighted by atomic mass is 10.2. The van der Waals surface area contributed by atoms with E-state index in [0.717, 1.165) is 11.1 Å². The Hall–Kier alpha value is -3.68. The summed E-state index contributed by atoms with van der Waals surface area (Å²) in [6.07, 6.45) is 4.75. The Morgan fingerprint density at radius 2 is 1.86 bits per heavy atom. The summed E-state index contributed by atoms with van der Waals surface area (Å²) in [5.74, 6) is 1.59. The van der Waals surface area contributed by atoms with Gasteiger partial charge >= 0.3 is 0 Å². The van der Waals surface area contributed by atoms with Crippen LogP contribution < -0.4 is 20.1 Å². The minimum absolute atomic E-state index is 0.277. The molecule has 0 saturated carbocycles. The number of aromatic nitrogens is 3. The molecule has 2 heterocycles. The Labute approximate surface area is 163 Å². The zero-order valence-electron chi connectivity index (χ0n) is 15.7. The summed E-state index contributed by atoms with van der Waals surface area (Å²) in [6, 6.07) is 11.0. The lowest BCUT2D eigenvalue weighted by Crippen LogP contribution is -2.24. The van der Waals surface area contributed by atoms with Crippen molar-refractivity contribution in [1.82, 2.24) is 20.3 Å². The van der Waals surface area contributed by atoms with E-state index in [2.05, 4.69) is 25.6 Å². The van der Waals surface area contributed by atoms with Crippen molar-refractivity contribution in [1.29, 1.82) is 0 Å². The third-order valence-corrected chi connectivity index (χ3v) is 4.00. The summed E-state index contributed by atoms with van der Waals surface area (Å²) < 4.78 is 10.5.